The first kappa shape index (κ1) is 30.7. The van der Waals surface area contributed by atoms with Gasteiger partial charge in [0.05, 0.1) is 24.3 Å². The summed E-state index contributed by atoms with van der Waals surface area (Å²) in [6, 6.07) is 6.27. The predicted octanol–water partition coefficient (Wildman–Crippen LogP) is 5.72. The lowest BCUT2D eigenvalue weighted by Gasteiger charge is -2.15. The van der Waals surface area contributed by atoms with Crippen molar-refractivity contribution in [2.75, 3.05) is 38.7 Å². The van der Waals surface area contributed by atoms with Crippen LogP contribution in [-0.2, 0) is 4.74 Å². The first-order valence-corrected chi connectivity index (χ1v) is 15.3. The van der Waals surface area contributed by atoms with Crippen molar-refractivity contribution >= 4 is 27.5 Å². The third-order valence-electron chi connectivity index (χ3n) is 8.85. The lowest BCUT2D eigenvalue weighted by Crippen LogP contribution is -2.22. The fourth-order valence-corrected chi connectivity index (χ4v) is 6.70. The maximum absolute atomic E-state index is 14.6. The Morgan fingerprint density at radius 3 is 2.80 bits per heavy atom. The number of anilines is 1. The van der Waals surface area contributed by atoms with Crippen molar-refractivity contribution in [2.45, 2.75) is 63.8 Å². The Labute approximate surface area is 259 Å². The van der Waals surface area contributed by atoms with E-state index in [-0.39, 0.29) is 46.0 Å². The number of nitrogens with one attached hydrogen (secondary N) is 1. The molecule has 0 amide bonds. The van der Waals surface area contributed by atoms with Crippen LogP contribution in [0, 0.1) is 25.1 Å². The van der Waals surface area contributed by atoms with E-state index in [1.165, 1.54) is 44.2 Å². The molecule has 0 spiro atoms. The van der Waals surface area contributed by atoms with Crippen LogP contribution in [-0.4, -0.2) is 71.6 Å². The number of nitrogens with zero attached hydrogens (tertiary/aromatic N) is 3. The lowest BCUT2D eigenvalue weighted by atomic mass is 9.95. The number of aromatic hydroxyl groups is 1. The van der Waals surface area contributed by atoms with E-state index in [0.29, 0.717) is 41.0 Å². The molecule has 3 aliphatic heterocycles. The molecule has 3 fully saturated rings. The van der Waals surface area contributed by atoms with E-state index < -0.39 is 17.6 Å². The van der Waals surface area contributed by atoms with Gasteiger partial charge in [-0.05, 0) is 75.6 Å². The molecule has 9 nitrogen and oxygen atoms in total. The van der Waals surface area contributed by atoms with Gasteiger partial charge < -0.3 is 24.3 Å². The van der Waals surface area contributed by atoms with E-state index in [1.807, 2.05) is 0 Å². The van der Waals surface area contributed by atoms with Crippen LogP contribution in [0.3, 0.4) is 0 Å². The number of methoxy groups -OCH3 is 1. The molecule has 3 atom stereocenters. The molecule has 3 unspecified atom stereocenters. The summed E-state index contributed by atoms with van der Waals surface area (Å²) in [5.41, 5.74) is 0.373. The van der Waals surface area contributed by atoms with E-state index in [0.717, 1.165) is 38.8 Å². The first-order chi connectivity index (χ1) is 21.8. The van der Waals surface area contributed by atoms with Crippen LogP contribution >= 0.6 is 0 Å². The van der Waals surface area contributed by atoms with Crippen molar-refractivity contribution in [1.82, 2.24) is 14.9 Å². The second-order valence-corrected chi connectivity index (χ2v) is 11.8. The number of aromatic nitrogens is 2. The molecular weight excluding hydrogens is 582 g/mol. The van der Waals surface area contributed by atoms with Gasteiger partial charge in [0.15, 0.2) is 0 Å². The molecule has 0 saturated carbocycles. The monoisotopic (exact) mass is 618 g/mol. The largest absolute Gasteiger partial charge is 0.508 e. The third-order valence-corrected chi connectivity index (χ3v) is 8.85. The van der Waals surface area contributed by atoms with Crippen LogP contribution in [0.5, 0.6) is 11.8 Å². The number of aryl methyl sites for hydroxylation is 1. The predicted molar refractivity (Wildman–Crippen MR) is 168 cm³/mol. The minimum absolute atomic E-state index is 0.00130. The average molecular weight is 619 g/mol. The molecule has 236 valence electrons. The zero-order valence-electron chi connectivity index (χ0n) is 25.4. The number of alkyl halides is 1. The number of phenols is 1. The zero-order valence-corrected chi connectivity index (χ0v) is 25.4. The number of halogens is 2. The van der Waals surface area contributed by atoms with Gasteiger partial charge in [-0.15, -0.1) is 6.42 Å². The van der Waals surface area contributed by atoms with Crippen LogP contribution in [0.15, 0.2) is 33.5 Å². The Morgan fingerprint density at radius 2 is 2.07 bits per heavy atom. The van der Waals surface area contributed by atoms with Crippen LogP contribution in [0.4, 0.5) is 14.6 Å². The molecular formula is C34H36F2N4O5. The summed E-state index contributed by atoms with van der Waals surface area (Å²) in [5.74, 6) is 2.08. The minimum atomic E-state index is -0.692. The summed E-state index contributed by atoms with van der Waals surface area (Å²) < 4.78 is 43.9. The van der Waals surface area contributed by atoms with E-state index >= 15 is 0 Å². The van der Waals surface area contributed by atoms with Crippen molar-refractivity contribution in [3.05, 3.63) is 51.6 Å². The molecule has 5 heterocycles. The van der Waals surface area contributed by atoms with Gasteiger partial charge in [0, 0.05) is 42.3 Å². The highest BCUT2D eigenvalue weighted by atomic mass is 19.1. The normalized spacial score (nSPS) is 21.0. The molecule has 0 aliphatic carbocycles. The third kappa shape index (κ3) is 6.17. The van der Waals surface area contributed by atoms with Crippen molar-refractivity contribution in [3.63, 3.8) is 0 Å². The fraction of sp³-hybridized carbons (Fsp3) is 0.441. The van der Waals surface area contributed by atoms with Gasteiger partial charge in [-0.25, -0.2) is 13.6 Å². The Bertz CT molecular complexity index is 1820. The van der Waals surface area contributed by atoms with Gasteiger partial charge in [-0.2, -0.15) is 9.97 Å². The van der Waals surface area contributed by atoms with Crippen molar-refractivity contribution in [3.8, 4) is 35.4 Å². The molecule has 3 aliphatic rings. The van der Waals surface area contributed by atoms with Gasteiger partial charge >= 0.3 is 11.6 Å². The van der Waals surface area contributed by atoms with Crippen molar-refractivity contribution < 1.29 is 27.8 Å². The smallest absolute Gasteiger partial charge is 0.349 e. The summed E-state index contributed by atoms with van der Waals surface area (Å²) in [6.07, 6.45) is 11.4. The number of terminal acetylenes is 1. The van der Waals surface area contributed by atoms with E-state index in [9.17, 15) is 18.7 Å². The number of benzene rings is 2. The molecule has 2 aromatic heterocycles. The minimum Gasteiger partial charge on any atom is -0.508 e. The van der Waals surface area contributed by atoms with Gasteiger partial charge in [0.1, 0.15) is 34.7 Å². The van der Waals surface area contributed by atoms with E-state index in [2.05, 4.69) is 26.1 Å². The second-order valence-electron chi connectivity index (χ2n) is 11.8. The molecule has 3 saturated heterocycles. The van der Waals surface area contributed by atoms with Gasteiger partial charge in [-0.3, -0.25) is 4.90 Å². The molecule has 2 aromatic carbocycles. The summed E-state index contributed by atoms with van der Waals surface area (Å²) in [4.78, 5) is 24.3. The molecule has 0 radical (unpaired) electrons. The Kier molecular flexibility index (Phi) is 8.88. The molecule has 11 heteroatoms. The topological polar surface area (TPSA) is 110 Å². The van der Waals surface area contributed by atoms with Crippen LogP contribution in [0.2, 0.25) is 0 Å². The van der Waals surface area contributed by atoms with Gasteiger partial charge in [0.2, 0.25) is 0 Å². The van der Waals surface area contributed by atoms with Gasteiger partial charge in [0.25, 0.3) is 0 Å². The first-order valence-electron chi connectivity index (χ1n) is 15.3. The molecule has 2 N–H and O–H groups in total. The highest BCUT2D eigenvalue weighted by molar-refractivity contribution is 6.03. The lowest BCUT2D eigenvalue weighted by molar-refractivity contribution is 0.107. The van der Waals surface area contributed by atoms with Crippen molar-refractivity contribution in [1.29, 1.82) is 0 Å². The molecule has 45 heavy (non-hydrogen) atoms. The number of rotatable bonds is 6. The quantitative estimate of drug-likeness (QED) is 0.262. The van der Waals surface area contributed by atoms with Crippen molar-refractivity contribution in [2.24, 2.45) is 0 Å². The Hall–Kier alpha value is -4.27. The van der Waals surface area contributed by atoms with E-state index in [1.54, 1.807) is 6.92 Å². The molecule has 7 rings (SSSR count). The second kappa shape index (κ2) is 13.0. The number of hydrogen-bond acceptors (Lipinski definition) is 9. The SMILES string of the molecule is C#Cc1c(F)ccc2cc(O)cc(-c3oc(=O)c4c(NCCC5CCCO5)nc(OC)nc4c3C)c12.FC1CC2CCCN2C1. The number of hydrogen-bond donors (Lipinski definition) is 2. The fourth-order valence-electron chi connectivity index (χ4n) is 6.70. The molecule has 4 aromatic rings. The van der Waals surface area contributed by atoms with E-state index in [4.69, 9.17) is 20.3 Å². The molecule has 0 bridgehead atoms. The number of fused-ring (bicyclic) bond motifs is 3. The van der Waals surface area contributed by atoms with Crippen LogP contribution in [0.1, 0.15) is 49.7 Å². The summed E-state index contributed by atoms with van der Waals surface area (Å²) in [5, 5.41) is 14.6. The zero-order chi connectivity index (χ0) is 31.7. The summed E-state index contributed by atoms with van der Waals surface area (Å²) >= 11 is 0. The standard InChI is InChI=1S/C27H24FN3O5.C7H12FN/c1-4-18-20(28)8-7-15-12-16(32)13-19(21(15)18)24-14(2)23-22(26(33)36-24)25(31-27(30-23)34-3)29-10-9-17-6-5-11-35-17;8-6-4-7-2-1-3-9(7)5-6/h1,7-8,12-13,17,32H,5-6,9-11H2,2-3H3,(H,29,30,31);6-7H,1-5H2. The highest BCUT2D eigenvalue weighted by Gasteiger charge is 2.34. The summed E-state index contributed by atoms with van der Waals surface area (Å²) in [6.45, 7) is 4.86. The highest BCUT2D eigenvalue weighted by Crippen LogP contribution is 2.39. The Morgan fingerprint density at radius 1 is 1.22 bits per heavy atom. The number of phenolic OH excluding ortho intramolecular Hbond substituents is 1. The summed E-state index contributed by atoms with van der Waals surface area (Å²) in [7, 11) is 1.43. The average Bonchev–Trinajstić information content (AvgIpc) is 3.78. The maximum Gasteiger partial charge on any atom is 0.349 e. The Balaban J connectivity index is 0.000000337. The van der Waals surface area contributed by atoms with Crippen LogP contribution < -0.4 is 15.7 Å². The maximum atomic E-state index is 14.6. The number of ether oxygens (including phenoxy) is 2. The van der Waals surface area contributed by atoms with Crippen LogP contribution in [0.25, 0.3) is 33.0 Å². The van der Waals surface area contributed by atoms with Gasteiger partial charge in [-0.1, -0.05) is 12.0 Å².